The van der Waals surface area contributed by atoms with Crippen molar-refractivity contribution in [2.24, 2.45) is 0 Å². The summed E-state index contributed by atoms with van der Waals surface area (Å²) in [5, 5.41) is 5.19. The fourth-order valence-corrected chi connectivity index (χ4v) is 3.06. The van der Waals surface area contributed by atoms with E-state index in [1.165, 1.54) is 32.4 Å². The monoisotopic (exact) mass is 391 g/mol. The zero-order valence-electron chi connectivity index (χ0n) is 16.0. The van der Waals surface area contributed by atoms with E-state index in [1.807, 2.05) is 37.3 Å². The standard InChI is InChI=1S/C21H17N3O5/c1-12-8-18-22-19(16-6-4-5-7-17(16)24(18)23-12)29-15-10-13(20(25)27-2)9-14(11-15)21(26)28-3/h4-11H,1-3H3. The summed E-state index contributed by atoms with van der Waals surface area (Å²) in [7, 11) is 2.53. The van der Waals surface area contributed by atoms with Gasteiger partial charge in [-0.3, -0.25) is 0 Å². The molecule has 29 heavy (non-hydrogen) atoms. The number of esters is 2. The highest BCUT2D eigenvalue weighted by molar-refractivity contribution is 5.96. The number of benzene rings is 2. The molecule has 0 spiro atoms. The van der Waals surface area contributed by atoms with Crippen molar-refractivity contribution in [1.82, 2.24) is 14.6 Å². The van der Waals surface area contributed by atoms with Gasteiger partial charge in [-0.15, -0.1) is 0 Å². The van der Waals surface area contributed by atoms with Crippen molar-refractivity contribution in [3.8, 4) is 11.6 Å². The van der Waals surface area contributed by atoms with E-state index >= 15 is 0 Å². The molecule has 0 fully saturated rings. The summed E-state index contributed by atoms with van der Waals surface area (Å²) in [5.74, 6) is -0.613. The van der Waals surface area contributed by atoms with Gasteiger partial charge in [0.2, 0.25) is 5.88 Å². The van der Waals surface area contributed by atoms with Crippen molar-refractivity contribution >= 4 is 28.5 Å². The number of para-hydroxylation sites is 1. The van der Waals surface area contributed by atoms with Crippen molar-refractivity contribution in [1.29, 1.82) is 0 Å². The first kappa shape index (κ1) is 18.4. The number of carbonyl (C=O) groups is 2. The van der Waals surface area contributed by atoms with Crippen LogP contribution in [0.25, 0.3) is 16.6 Å². The third-order valence-corrected chi connectivity index (χ3v) is 4.35. The van der Waals surface area contributed by atoms with Crippen LogP contribution in [0.2, 0.25) is 0 Å². The molecule has 8 nitrogen and oxygen atoms in total. The predicted molar refractivity (Wildman–Crippen MR) is 104 cm³/mol. The number of aromatic nitrogens is 3. The van der Waals surface area contributed by atoms with Gasteiger partial charge in [-0.1, -0.05) is 12.1 Å². The Morgan fingerprint density at radius 1 is 0.931 bits per heavy atom. The van der Waals surface area contributed by atoms with Crippen LogP contribution in [0, 0.1) is 6.92 Å². The Kier molecular flexibility index (Phi) is 4.59. The van der Waals surface area contributed by atoms with Crippen molar-refractivity contribution in [2.75, 3.05) is 14.2 Å². The van der Waals surface area contributed by atoms with Gasteiger partial charge in [0.1, 0.15) is 5.75 Å². The lowest BCUT2D eigenvalue weighted by Crippen LogP contribution is -2.07. The Bertz CT molecular complexity index is 1230. The Balaban J connectivity index is 1.87. The zero-order valence-corrected chi connectivity index (χ0v) is 16.0. The molecule has 146 valence electrons. The van der Waals surface area contributed by atoms with Crippen molar-refractivity contribution < 1.29 is 23.8 Å². The SMILES string of the molecule is COC(=O)c1cc(Oc2nc3cc(C)nn3c3ccccc23)cc(C(=O)OC)c1. The highest BCUT2D eigenvalue weighted by atomic mass is 16.5. The minimum absolute atomic E-state index is 0.163. The van der Waals surface area contributed by atoms with E-state index in [9.17, 15) is 9.59 Å². The van der Waals surface area contributed by atoms with Gasteiger partial charge in [0.15, 0.2) is 5.65 Å². The number of ether oxygens (including phenoxy) is 3. The Morgan fingerprint density at radius 2 is 1.59 bits per heavy atom. The lowest BCUT2D eigenvalue weighted by molar-refractivity contribution is 0.0598. The Labute approximate surface area is 165 Å². The molecule has 0 saturated carbocycles. The van der Waals surface area contributed by atoms with Crippen LogP contribution in [0.5, 0.6) is 11.6 Å². The molecule has 4 rings (SSSR count). The molecule has 4 aromatic rings. The summed E-state index contributed by atoms with van der Waals surface area (Å²) < 4.78 is 17.3. The summed E-state index contributed by atoms with van der Waals surface area (Å²) in [5.41, 5.74) is 2.58. The van der Waals surface area contributed by atoms with Crippen LogP contribution in [0.3, 0.4) is 0 Å². The van der Waals surface area contributed by atoms with Crippen LogP contribution in [-0.4, -0.2) is 40.8 Å². The van der Waals surface area contributed by atoms with Crippen LogP contribution in [0.4, 0.5) is 0 Å². The summed E-state index contributed by atoms with van der Waals surface area (Å²) in [6.45, 7) is 1.88. The van der Waals surface area contributed by atoms with E-state index in [-0.39, 0.29) is 16.9 Å². The maximum atomic E-state index is 12.0. The highest BCUT2D eigenvalue weighted by Gasteiger charge is 2.17. The number of fused-ring (bicyclic) bond motifs is 3. The van der Waals surface area contributed by atoms with Gasteiger partial charge >= 0.3 is 11.9 Å². The molecule has 0 radical (unpaired) electrons. The molecular weight excluding hydrogens is 374 g/mol. The second-order valence-electron chi connectivity index (χ2n) is 6.32. The first-order chi connectivity index (χ1) is 14.0. The Morgan fingerprint density at radius 3 is 2.24 bits per heavy atom. The van der Waals surface area contributed by atoms with E-state index < -0.39 is 11.9 Å². The number of rotatable bonds is 4. The van der Waals surface area contributed by atoms with Crippen LogP contribution in [-0.2, 0) is 9.47 Å². The third kappa shape index (κ3) is 3.36. The lowest BCUT2D eigenvalue weighted by Gasteiger charge is -2.11. The van der Waals surface area contributed by atoms with Gasteiger partial charge in [-0.2, -0.15) is 10.1 Å². The largest absolute Gasteiger partial charge is 0.465 e. The quantitative estimate of drug-likeness (QED) is 0.491. The average molecular weight is 391 g/mol. The van der Waals surface area contributed by atoms with Crippen molar-refractivity contribution in [2.45, 2.75) is 6.92 Å². The number of carbonyl (C=O) groups excluding carboxylic acids is 2. The summed E-state index contributed by atoms with van der Waals surface area (Å²) in [6.07, 6.45) is 0. The normalized spacial score (nSPS) is 10.9. The van der Waals surface area contributed by atoms with Crippen LogP contribution in [0.1, 0.15) is 26.4 Å². The minimum Gasteiger partial charge on any atom is -0.465 e. The lowest BCUT2D eigenvalue weighted by atomic mass is 10.1. The van der Waals surface area contributed by atoms with Crippen LogP contribution >= 0.6 is 0 Å². The van der Waals surface area contributed by atoms with Crippen LogP contribution in [0.15, 0.2) is 48.5 Å². The second-order valence-corrected chi connectivity index (χ2v) is 6.32. The van der Waals surface area contributed by atoms with E-state index in [0.29, 0.717) is 11.5 Å². The molecule has 0 amide bonds. The predicted octanol–water partition coefficient (Wildman–Crippen LogP) is 3.56. The first-order valence-electron chi connectivity index (χ1n) is 8.75. The molecule has 0 saturated heterocycles. The van der Waals surface area contributed by atoms with E-state index in [2.05, 4.69) is 10.1 Å². The van der Waals surface area contributed by atoms with E-state index in [1.54, 1.807) is 4.52 Å². The fraction of sp³-hybridized carbons (Fsp3) is 0.143. The van der Waals surface area contributed by atoms with Crippen LogP contribution < -0.4 is 4.74 Å². The van der Waals surface area contributed by atoms with Crippen molar-refractivity contribution in [3.05, 3.63) is 65.4 Å². The smallest absolute Gasteiger partial charge is 0.338 e. The molecular formula is C21H17N3O5. The second kappa shape index (κ2) is 7.23. The fourth-order valence-electron chi connectivity index (χ4n) is 3.06. The summed E-state index contributed by atoms with van der Waals surface area (Å²) in [6, 6.07) is 13.7. The molecule has 0 bridgehead atoms. The molecule has 0 aliphatic heterocycles. The summed E-state index contributed by atoms with van der Waals surface area (Å²) in [4.78, 5) is 28.6. The number of hydrogen-bond donors (Lipinski definition) is 0. The molecule has 8 heteroatoms. The van der Waals surface area contributed by atoms with Gasteiger partial charge in [-0.25, -0.2) is 14.1 Å². The summed E-state index contributed by atoms with van der Waals surface area (Å²) >= 11 is 0. The van der Waals surface area contributed by atoms with Gasteiger partial charge < -0.3 is 14.2 Å². The maximum absolute atomic E-state index is 12.0. The van der Waals surface area contributed by atoms with E-state index in [4.69, 9.17) is 14.2 Å². The highest BCUT2D eigenvalue weighted by Crippen LogP contribution is 2.30. The molecule has 2 aromatic carbocycles. The van der Waals surface area contributed by atoms with Gasteiger partial charge in [0.25, 0.3) is 0 Å². The van der Waals surface area contributed by atoms with Gasteiger partial charge in [0, 0.05) is 6.07 Å². The van der Waals surface area contributed by atoms with Gasteiger partial charge in [-0.05, 0) is 37.3 Å². The van der Waals surface area contributed by atoms with E-state index in [0.717, 1.165) is 16.6 Å². The van der Waals surface area contributed by atoms with Crippen molar-refractivity contribution in [3.63, 3.8) is 0 Å². The molecule has 0 unspecified atom stereocenters. The average Bonchev–Trinajstić information content (AvgIpc) is 3.12. The molecule has 0 N–H and O–H groups in total. The number of aryl methyl sites for hydroxylation is 1. The molecule has 0 aliphatic rings. The maximum Gasteiger partial charge on any atom is 0.338 e. The number of methoxy groups -OCH3 is 2. The third-order valence-electron chi connectivity index (χ3n) is 4.35. The zero-order chi connectivity index (χ0) is 20.5. The molecule has 0 atom stereocenters. The Hall–Kier alpha value is -3.94. The molecule has 2 heterocycles. The topological polar surface area (TPSA) is 92.0 Å². The van der Waals surface area contributed by atoms with Gasteiger partial charge in [0.05, 0.1) is 41.9 Å². The number of nitrogens with zero attached hydrogens (tertiary/aromatic N) is 3. The minimum atomic E-state index is -0.597. The number of hydrogen-bond acceptors (Lipinski definition) is 7. The molecule has 2 aromatic heterocycles. The molecule has 0 aliphatic carbocycles. The first-order valence-corrected chi connectivity index (χ1v) is 8.75.